The molecular weight excluding hydrogens is 306 g/mol. The summed E-state index contributed by atoms with van der Waals surface area (Å²) in [5.74, 6) is 0.999. The van der Waals surface area contributed by atoms with E-state index in [0.717, 1.165) is 11.3 Å². The number of nitrogens with one attached hydrogen (secondary N) is 1. The second-order valence-corrected chi connectivity index (χ2v) is 5.25. The van der Waals surface area contributed by atoms with E-state index in [9.17, 15) is 0 Å². The summed E-state index contributed by atoms with van der Waals surface area (Å²) in [5, 5.41) is 12.1. The number of hydrogen-bond acceptors (Lipinski definition) is 6. The van der Waals surface area contributed by atoms with E-state index in [0.29, 0.717) is 11.7 Å². The molecule has 0 saturated carbocycles. The Hall–Kier alpha value is -2.93. The minimum Gasteiger partial charge on any atom is -0.474 e. The van der Waals surface area contributed by atoms with E-state index in [1.54, 1.807) is 18.7 Å². The molecule has 7 heteroatoms. The van der Waals surface area contributed by atoms with Crippen LogP contribution in [0.5, 0.6) is 5.88 Å². The highest BCUT2D eigenvalue weighted by atomic mass is 16.5. The molecule has 0 spiro atoms. The Morgan fingerprint density at radius 2 is 2.21 bits per heavy atom. The molecule has 24 heavy (non-hydrogen) atoms. The molecule has 3 rings (SSSR count). The lowest BCUT2D eigenvalue weighted by Gasteiger charge is -2.16. The Morgan fingerprint density at radius 1 is 1.29 bits per heavy atom. The van der Waals surface area contributed by atoms with Crippen molar-refractivity contribution in [1.29, 1.82) is 0 Å². The quantitative estimate of drug-likeness (QED) is 0.693. The number of ether oxygens (including phenoxy) is 1. The molecule has 0 amide bonds. The zero-order valence-corrected chi connectivity index (χ0v) is 13.3. The predicted molar refractivity (Wildman–Crippen MR) is 90.2 cm³/mol. The zero-order chi connectivity index (χ0) is 16.8. The maximum absolute atomic E-state index is 8.80. The van der Waals surface area contributed by atoms with Crippen LogP contribution in [0, 0.1) is 0 Å². The summed E-state index contributed by atoms with van der Waals surface area (Å²) < 4.78 is 7.23. The van der Waals surface area contributed by atoms with Gasteiger partial charge in [0.1, 0.15) is 12.4 Å². The molecule has 0 saturated heterocycles. The molecule has 0 aliphatic carbocycles. The summed E-state index contributed by atoms with van der Waals surface area (Å²) in [5.41, 5.74) is 2.16. The Bertz CT molecular complexity index is 776. The van der Waals surface area contributed by atoms with E-state index in [1.807, 2.05) is 22.9 Å². The van der Waals surface area contributed by atoms with E-state index in [4.69, 9.17) is 9.84 Å². The highest BCUT2D eigenvalue weighted by molar-refractivity contribution is 5.41. The van der Waals surface area contributed by atoms with Crippen molar-refractivity contribution in [3.63, 3.8) is 0 Å². The van der Waals surface area contributed by atoms with Crippen LogP contribution in [-0.2, 0) is 0 Å². The van der Waals surface area contributed by atoms with E-state index in [-0.39, 0.29) is 19.3 Å². The minimum absolute atomic E-state index is 0.0378. The molecule has 0 aliphatic heterocycles. The molecule has 124 valence electrons. The van der Waals surface area contributed by atoms with Gasteiger partial charge in [0, 0.05) is 18.1 Å². The van der Waals surface area contributed by atoms with Crippen LogP contribution in [0.2, 0.25) is 0 Å². The molecule has 7 nitrogen and oxygen atoms in total. The summed E-state index contributed by atoms with van der Waals surface area (Å²) in [6.07, 6.45) is 8.59. The van der Waals surface area contributed by atoms with Crippen molar-refractivity contribution in [2.24, 2.45) is 0 Å². The highest BCUT2D eigenvalue weighted by Crippen LogP contribution is 2.21. The molecule has 2 aromatic heterocycles. The Kier molecular flexibility index (Phi) is 5.02. The average molecular weight is 325 g/mol. The number of hydrogen-bond donors (Lipinski definition) is 2. The van der Waals surface area contributed by atoms with Crippen molar-refractivity contribution in [3.05, 3.63) is 60.9 Å². The molecule has 3 aromatic rings. The van der Waals surface area contributed by atoms with Crippen molar-refractivity contribution < 1.29 is 9.84 Å². The Balaban J connectivity index is 1.73. The smallest absolute Gasteiger partial charge is 0.234 e. The van der Waals surface area contributed by atoms with Crippen LogP contribution in [-0.4, -0.2) is 37.8 Å². The lowest BCUT2D eigenvalue weighted by Crippen LogP contribution is -2.10. The SMILES string of the molecule is CC(Nc1cncc(OCCO)n1)c1cccc(-n2ccnc2)c1. The van der Waals surface area contributed by atoms with Crippen molar-refractivity contribution >= 4 is 5.82 Å². The third kappa shape index (κ3) is 3.88. The number of rotatable bonds is 7. The van der Waals surface area contributed by atoms with E-state index in [2.05, 4.69) is 39.3 Å². The number of imidazole rings is 1. The maximum Gasteiger partial charge on any atom is 0.234 e. The van der Waals surface area contributed by atoms with Crippen molar-refractivity contribution in [3.8, 4) is 11.6 Å². The third-order valence-corrected chi connectivity index (χ3v) is 3.49. The third-order valence-electron chi connectivity index (χ3n) is 3.49. The normalized spacial score (nSPS) is 11.9. The predicted octanol–water partition coefficient (Wildman–Crippen LogP) is 2.21. The van der Waals surface area contributed by atoms with Crippen molar-refractivity contribution in [1.82, 2.24) is 19.5 Å². The van der Waals surface area contributed by atoms with Gasteiger partial charge in [-0.05, 0) is 24.6 Å². The first-order valence-electron chi connectivity index (χ1n) is 7.67. The lowest BCUT2D eigenvalue weighted by molar-refractivity contribution is 0.196. The standard InChI is InChI=1S/C17H19N5O2/c1-13(20-16-10-19-11-17(21-16)24-8-7-23)14-3-2-4-15(9-14)22-6-5-18-12-22/h2-6,9-13,23H,7-8H2,1H3,(H,20,21). The molecule has 0 aliphatic rings. The van der Waals surface area contributed by atoms with E-state index in [1.165, 1.54) is 6.20 Å². The van der Waals surface area contributed by atoms with Gasteiger partial charge in [0.2, 0.25) is 5.88 Å². The number of aliphatic hydroxyl groups is 1. The second kappa shape index (κ2) is 7.56. The topological polar surface area (TPSA) is 85.1 Å². The first kappa shape index (κ1) is 15.9. The Labute approximate surface area is 140 Å². The first-order chi connectivity index (χ1) is 11.8. The average Bonchev–Trinajstić information content (AvgIpc) is 3.15. The fourth-order valence-electron chi connectivity index (χ4n) is 2.31. The van der Waals surface area contributed by atoms with Crippen molar-refractivity contribution in [2.45, 2.75) is 13.0 Å². The van der Waals surface area contributed by atoms with Crippen LogP contribution in [0.3, 0.4) is 0 Å². The summed E-state index contributed by atoms with van der Waals surface area (Å²) >= 11 is 0. The zero-order valence-electron chi connectivity index (χ0n) is 13.3. The summed E-state index contributed by atoms with van der Waals surface area (Å²) in [4.78, 5) is 12.5. The molecular formula is C17H19N5O2. The van der Waals surface area contributed by atoms with Gasteiger partial charge in [0.15, 0.2) is 0 Å². The number of nitrogens with zero attached hydrogens (tertiary/aromatic N) is 4. The molecule has 0 bridgehead atoms. The van der Waals surface area contributed by atoms with Gasteiger partial charge in [-0.1, -0.05) is 12.1 Å². The Morgan fingerprint density at radius 3 is 3.00 bits per heavy atom. The second-order valence-electron chi connectivity index (χ2n) is 5.25. The van der Waals surface area contributed by atoms with Crippen LogP contribution >= 0.6 is 0 Å². The number of aromatic nitrogens is 4. The summed E-state index contributed by atoms with van der Waals surface area (Å²) in [7, 11) is 0. The number of aliphatic hydroxyl groups excluding tert-OH is 1. The molecule has 2 N–H and O–H groups in total. The van der Waals surface area contributed by atoms with Gasteiger partial charge in [-0.15, -0.1) is 0 Å². The number of anilines is 1. The first-order valence-corrected chi connectivity index (χ1v) is 7.67. The van der Waals surface area contributed by atoms with Gasteiger partial charge in [0.05, 0.1) is 31.4 Å². The maximum atomic E-state index is 8.80. The van der Waals surface area contributed by atoms with Gasteiger partial charge in [-0.2, -0.15) is 4.98 Å². The fourth-order valence-corrected chi connectivity index (χ4v) is 2.31. The van der Waals surface area contributed by atoms with Gasteiger partial charge < -0.3 is 19.7 Å². The molecule has 2 heterocycles. The summed E-state index contributed by atoms with van der Waals surface area (Å²) in [6, 6.07) is 8.23. The monoisotopic (exact) mass is 325 g/mol. The van der Waals surface area contributed by atoms with Gasteiger partial charge in [-0.25, -0.2) is 4.98 Å². The molecule has 1 unspecified atom stereocenters. The summed E-state index contributed by atoms with van der Waals surface area (Å²) in [6.45, 7) is 2.19. The van der Waals surface area contributed by atoms with Crippen LogP contribution in [0.4, 0.5) is 5.82 Å². The van der Waals surface area contributed by atoms with Gasteiger partial charge in [-0.3, -0.25) is 4.98 Å². The van der Waals surface area contributed by atoms with Crippen LogP contribution < -0.4 is 10.1 Å². The lowest BCUT2D eigenvalue weighted by atomic mass is 10.1. The van der Waals surface area contributed by atoms with Gasteiger partial charge >= 0.3 is 0 Å². The van der Waals surface area contributed by atoms with Crippen molar-refractivity contribution in [2.75, 3.05) is 18.5 Å². The van der Waals surface area contributed by atoms with Gasteiger partial charge in [0.25, 0.3) is 0 Å². The van der Waals surface area contributed by atoms with Crippen LogP contribution in [0.1, 0.15) is 18.5 Å². The highest BCUT2D eigenvalue weighted by Gasteiger charge is 2.08. The van der Waals surface area contributed by atoms with Crippen LogP contribution in [0.15, 0.2) is 55.4 Å². The largest absolute Gasteiger partial charge is 0.474 e. The molecule has 0 radical (unpaired) electrons. The molecule has 0 fully saturated rings. The molecule has 1 aromatic carbocycles. The molecule has 1 atom stereocenters. The van der Waals surface area contributed by atoms with E-state index >= 15 is 0 Å². The van der Waals surface area contributed by atoms with Crippen LogP contribution in [0.25, 0.3) is 5.69 Å². The fraction of sp³-hybridized carbons (Fsp3) is 0.235. The van der Waals surface area contributed by atoms with E-state index < -0.39 is 0 Å². The number of benzene rings is 1. The minimum atomic E-state index is -0.0587.